The minimum atomic E-state index is -0.380. The maximum atomic E-state index is 13.5. The summed E-state index contributed by atoms with van der Waals surface area (Å²) in [6, 6.07) is 7.26. The highest BCUT2D eigenvalue weighted by Crippen LogP contribution is 2.34. The second-order valence-electron chi connectivity index (χ2n) is 7.97. The third-order valence-electron chi connectivity index (χ3n) is 6.27. The molecule has 1 amide bonds. The van der Waals surface area contributed by atoms with E-state index in [0.717, 1.165) is 41.7 Å². The second kappa shape index (κ2) is 8.08. The van der Waals surface area contributed by atoms with Crippen molar-refractivity contribution in [3.05, 3.63) is 62.8 Å². The first kappa shape index (κ1) is 20.2. The van der Waals surface area contributed by atoms with Crippen molar-refractivity contribution in [1.29, 1.82) is 0 Å². The van der Waals surface area contributed by atoms with Crippen LogP contribution >= 0.6 is 34.5 Å². The van der Waals surface area contributed by atoms with Crippen LogP contribution in [0.2, 0.25) is 10.0 Å². The van der Waals surface area contributed by atoms with Crippen LogP contribution in [0.3, 0.4) is 0 Å². The smallest absolute Gasteiger partial charge is 0.257 e. The first-order valence-electron chi connectivity index (χ1n) is 10.0. The number of benzene rings is 1. The number of thiophene rings is 1. The predicted octanol–water partition coefficient (Wildman–Crippen LogP) is 5.45. The first-order valence-corrected chi connectivity index (χ1v) is 11.6. The number of fused-ring (bicyclic) bond motifs is 2. The lowest BCUT2D eigenvalue weighted by molar-refractivity contribution is 0.0329. The molecule has 4 heterocycles. The number of aromatic nitrogens is 1. The Morgan fingerprint density at radius 3 is 2.87 bits per heavy atom. The van der Waals surface area contributed by atoms with Crippen molar-refractivity contribution in [3.63, 3.8) is 0 Å². The Hall–Kier alpha value is -1.73. The van der Waals surface area contributed by atoms with Crippen LogP contribution in [0, 0.1) is 5.82 Å². The van der Waals surface area contributed by atoms with Gasteiger partial charge in [-0.1, -0.05) is 29.3 Å². The van der Waals surface area contributed by atoms with E-state index in [0.29, 0.717) is 35.6 Å². The van der Waals surface area contributed by atoms with Crippen molar-refractivity contribution in [2.45, 2.75) is 24.8 Å². The van der Waals surface area contributed by atoms with Gasteiger partial charge in [0, 0.05) is 43.8 Å². The third-order valence-corrected chi connectivity index (χ3v) is 7.79. The summed E-state index contributed by atoms with van der Waals surface area (Å²) in [7, 11) is 0. The van der Waals surface area contributed by atoms with Crippen LogP contribution in [-0.4, -0.2) is 52.9 Å². The molecule has 0 spiro atoms. The molecule has 2 fully saturated rings. The van der Waals surface area contributed by atoms with Crippen molar-refractivity contribution < 1.29 is 9.18 Å². The highest BCUT2D eigenvalue weighted by atomic mass is 35.5. The van der Waals surface area contributed by atoms with E-state index in [1.165, 1.54) is 17.4 Å². The van der Waals surface area contributed by atoms with Crippen LogP contribution < -0.4 is 0 Å². The van der Waals surface area contributed by atoms with E-state index in [9.17, 15) is 9.18 Å². The molecule has 0 aliphatic carbocycles. The van der Waals surface area contributed by atoms with Gasteiger partial charge in [0.1, 0.15) is 10.6 Å². The van der Waals surface area contributed by atoms with E-state index < -0.39 is 0 Å². The molecule has 2 aliphatic rings. The minimum Gasteiger partial charge on any atom is -0.336 e. The molecular formula is C22H20Cl2FN3OS. The highest BCUT2D eigenvalue weighted by molar-refractivity contribution is 7.16. The summed E-state index contributed by atoms with van der Waals surface area (Å²) in [5.41, 5.74) is 1.56. The number of halogens is 3. The Kier molecular flexibility index (Phi) is 5.44. The molecule has 4 nitrogen and oxygen atoms in total. The van der Waals surface area contributed by atoms with Crippen molar-refractivity contribution in [1.82, 2.24) is 14.8 Å². The number of hydrogen-bond donors (Lipinski definition) is 0. The molecule has 0 bridgehead atoms. The van der Waals surface area contributed by atoms with E-state index in [1.54, 1.807) is 12.3 Å². The van der Waals surface area contributed by atoms with Gasteiger partial charge in [0.15, 0.2) is 0 Å². The number of carbonyl (C=O) groups excluding carboxylic acids is 1. The van der Waals surface area contributed by atoms with Crippen molar-refractivity contribution >= 4 is 50.7 Å². The van der Waals surface area contributed by atoms with Gasteiger partial charge in [0.2, 0.25) is 0 Å². The van der Waals surface area contributed by atoms with E-state index in [4.69, 9.17) is 23.2 Å². The predicted molar refractivity (Wildman–Crippen MR) is 119 cm³/mol. The van der Waals surface area contributed by atoms with Gasteiger partial charge < -0.3 is 4.90 Å². The lowest BCUT2D eigenvalue weighted by atomic mass is 9.86. The third kappa shape index (κ3) is 3.60. The number of piperidine rings is 1. The summed E-state index contributed by atoms with van der Waals surface area (Å²) in [6.45, 7) is 3.06. The van der Waals surface area contributed by atoms with Crippen molar-refractivity contribution in [3.8, 4) is 0 Å². The van der Waals surface area contributed by atoms with Gasteiger partial charge in [-0.3, -0.25) is 9.69 Å². The van der Waals surface area contributed by atoms with Crippen molar-refractivity contribution in [2.75, 3.05) is 26.2 Å². The minimum absolute atomic E-state index is 0.0484. The van der Waals surface area contributed by atoms with Gasteiger partial charge in [-0.05, 0) is 47.9 Å². The number of nitrogens with zero attached hydrogens (tertiary/aromatic N) is 3. The fourth-order valence-electron chi connectivity index (χ4n) is 4.61. The summed E-state index contributed by atoms with van der Waals surface area (Å²) in [6.07, 6.45) is 3.58. The van der Waals surface area contributed by atoms with Crippen LogP contribution in [0.4, 0.5) is 4.39 Å². The Morgan fingerprint density at radius 2 is 2.03 bits per heavy atom. The van der Waals surface area contributed by atoms with Gasteiger partial charge in [0.05, 0.1) is 15.6 Å². The van der Waals surface area contributed by atoms with Gasteiger partial charge in [-0.25, -0.2) is 9.37 Å². The molecule has 3 aromatic rings. The standard InChI is InChI=1S/C22H20Cl2FN3OS/c23-18-9-13(2-4-19(18)25)14-1-3-15-12-28(7-6-27(15)11-14)22(29)17-10-26-21-16(20(17)24)5-8-30-21/h2,4-5,8-10,14-15H,1,3,6-7,11-12H2/t14-,15+/m0/s1. The molecule has 2 atom stereocenters. The Bertz CT molecular complexity index is 1120. The monoisotopic (exact) mass is 463 g/mol. The van der Waals surface area contributed by atoms with Gasteiger partial charge in [-0.2, -0.15) is 0 Å². The van der Waals surface area contributed by atoms with Gasteiger partial charge >= 0.3 is 0 Å². The van der Waals surface area contributed by atoms with Crippen LogP contribution in [-0.2, 0) is 0 Å². The molecule has 0 N–H and O–H groups in total. The van der Waals surface area contributed by atoms with Crippen LogP contribution in [0.1, 0.15) is 34.7 Å². The summed E-state index contributed by atoms with van der Waals surface area (Å²) in [5.74, 6) is -0.0936. The molecule has 30 heavy (non-hydrogen) atoms. The van der Waals surface area contributed by atoms with Gasteiger partial charge in [-0.15, -0.1) is 11.3 Å². The second-order valence-corrected chi connectivity index (χ2v) is 9.65. The quantitative estimate of drug-likeness (QED) is 0.507. The molecule has 8 heteroatoms. The lowest BCUT2D eigenvalue weighted by Gasteiger charge is -2.46. The zero-order valence-electron chi connectivity index (χ0n) is 16.2. The van der Waals surface area contributed by atoms with Crippen LogP contribution in [0.5, 0.6) is 0 Å². The number of carbonyl (C=O) groups is 1. The summed E-state index contributed by atoms with van der Waals surface area (Å²) in [4.78, 5) is 22.7. The van der Waals surface area contributed by atoms with E-state index in [-0.39, 0.29) is 16.7 Å². The molecule has 1 aromatic carbocycles. The SMILES string of the molecule is O=C(c1cnc2sccc2c1Cl)N1CCN2C[C@@H](c3ccc(F)c(Cl)c3)CC[C@@H]2C1. The summed E-state index contributed by atoms with van der Waals surface area (Å²) >= 11 is 14.0. The number of rotatable bonds is 2. The lowest BCUT2D eigenvalue weighted by Crippen LogP contribution is -2.57. The zero-order valence-corrected chi connectivity index (χ0v) is 18.5. The van der Waals surface area contributed by atoms with E-state index in [2.05, 4.69) is 9.88 Å². The van der Waals surface area contributed by atoms with E-state index >= 15 is 0 Å². The first-order chi connectivity index (χ1) is 14.5. The molecule has 2 aliphatic heterocycles. The number of hydrogen-bond acceptors (Lipinski definition) is 4. The molecule has 2 aromatic heterocycles. The fourth-order valence-corrected chi connectivity index (χ4v) is 5.88. The number of pyridine rings is 1. The topological polar surface area (TPSA) is 36.4 Å². The fraction of sp³-hybridized carbons (Fsp3) is 0.364. The highest BCUT2D eigenvalue weighted by Gasteiger charge is 2.35. The Balaban J connectivity index is 1.28. The summed E-state index contributed by atoms with van der Waals surface area (Å²) < 4.78 is 13.5. The van der Waals surface area contributed by atoms with Crippen molar-refractivity contribution in [2.24, 2.45) is 0 Å². The molecule has 0 saturated carbocycles. The Morgan fingerprint density at radius 1 is 1.17 bits per heavy atom. The molecule has 0 radical (unpaired) electrons. The van der Waals surface area contributed by atoms with E-state index in [1.807, 2.05) is 22.4 Å². The van der Waals surface area contributed by atoms with Crippen LogP contribution in [0.25, 0.3) is 10.2 Å². The maximum absolute atomic E-state index is 13.5. The maximum Gasteiger partial charge on any atom is 0.257 e. The molecule has 2 saturated heterocycles. The average molecular weight is 464 g/mol. The number of piperazine rings is 1. The normalized spacial score (nSPS) is 22.3. The van der Waals surface area contributed by atoms with Gasteiger partial charge in [0.25, 0.3) is 5.91 Å². The molecular weight excluding hydrogens is 444 g/mol. The average Bonchev–Trinajstić information content (AvgIpc) is 3.24. The zero-order chi connectivity index (χ0) is 20.8. The molecule has 0 unspecified atom stereocenters. The Labute approximate surface area is 188 Å². The molecule has 156 valence electrons. The van der Waals surface area contributed by atoms with Crippen LogP contribution in [0.15, 0.2) is 35.8 Å². The largest absolute Gasteiger partial charge is 0.336 e. The number of amides is 1. The summed E-state index contributed by atoms with van der Waals surface area (Å²) in [5, 5.41) is 3.44. The molecule has 5 rings (SSSR count).